The second kappa shape index (κ2) is 8.26. The maximum atomic E-state index is 12.0. The topological polar surface area (TPSA) is 55.8 Å². The van der Waals surface area contributed by atoms with E-state index in [1.165, 1.54) is 6.08 Å². The highest BCUT2D eigenvalue weighted by Gasteiger charge is 2.18. The number of carbonyl (C=O) groups excluding carboxylic acids is 2. The van der Waals surface area contributed by atoms with E-state index in [9.17, 15) is 9.59 Å². The van der Waals surface area contributed by atoms with Crippen LogP contribution in [-0.4, -0.2) is 43.1 Å². The highest BCUT2D eigenvalue weighted by Crippen LogP contribution is 2.15. The van der Waals surface area contributed by atoms with Crippen LogP contribution in [0.3, 0.4) is 0 Å². The molecule has 5 heteroatoms. The molecule has 2 aromatic rings. The molecular weight excluding hydrogens is 318 g/mol. The molecule has 0 radical (unpaired) electrons. The molecule has 0 saturated carbocycles. The lowest BCUT2D eigenvalue weighted by molar-refractivity contribution is 0.0416. The Morgan fingerprint density at radius 3 is 2.32 bits per heavy atom. The van der Waals surface area contributed by atoms with Gasteiger partial charge in [-0.25, -0.2) is 4.79 Å². The van der Waals surface area contributed by atoms with Gasteiger partial charge in [0.15, 0.2) is 5.78 Å². The molecule has 2 aromatic carbocycles. The predicted octanol–water partition coefficient (Wildman–Crippen LogP) is 3.41. The van der Waals surface area contributed by atoms with Crippen molar-refractivity contribution in [1.82, 2.24) is 4.90 Å². The minimum atomic E-state index is -0.370. The van der Waals surface area contributed by atoms with Crippen molar-refractivity contribution >= 4 is 18.0 Å². The Kier molecular flexibility index (Phi) is 5.59. The molecule has 128 valence electrons. The van der Waals surface area contributed by atoms with Crippen molar-refractivity contribution in [2.45, 2.75) is 0 Å². The van der Waals surface area contributed by atoms with Crippen molar-refractivity contribution in [3.8, 4) is 5.75 Å². The van der Waals surface area contributed by atoms with Gasteiger partial charge in [0.2, 0.25) is 0 Å². The fourth-order valence-corrected chi connectivity index (χ4v) is 2.43. The lowest BCUT2D eigenvalue weighted by atomic mass is 10.1. The molecule has 25 heavy (non-hydrogen) atoms. The molecule has 1 amide bonds. The molecular formula is C20H19NO4. The number of morpholine rings is 1. The number of ether oxygens (including phenoxy) is 2. The van der Waals surface area contributed by atoms with Crippen molar-refractivity contribution in [3.05, 3.63) is 71.8 Å². The van der Waals surface area contributed by atoms with Crippen LogP contribution in [0.4, 0.5) is 4.79 Å². The van der Waals surface area contributed by atoms with Gasteiger partial charge < -0.3 is 14.4 Å². The molecule has 1 aliphatic heterocycles. The average molecular weight is 337 g/mol. The molecule has 1 saturated heterocycles. The second-order valence-electron chi connectivity index (χ2n) is 5.60. The quantitative estimate of drug-likeness (QED) is 0.634. The molecule has 3 rings (SSSR count). The fourth-order valence-electron chi connectivity index (χ4n) is 2.43. The fraction of sp³-hybridized carbons (Fsp3) is 0.200. The summed E-state index contributed by atoms with van der Waals surface area (Å²) >= 11 is 0. The van der Waals surface area contributed by atoms with Gasteiger partial charge in [0.1, 0.15) is 5.75 Å². The first kappa shape index (κ1) is 16.9. The Hall–Kier alpha value is -2.92. The van der Waals surface area contributed by atoms with Crippen molar-refractivity contribution < 1.29 is 19.1 Å². The van der Waals surface area contributed by atoms with Crippen LogP contribution in [0.5, 0.6) is 5.75 Å². The van der Waals surface area contributed by atoms with Gasteiger partial charge in [0.25, 0.3) is 0 Å². The van der Waals surface area contributed by atoms with Gasteiger partial charge in [0.05, 0.1) is 13.2 Å². The molecule has 0 aliphatic carbocycles. The van der Waals surface area contributed by atoms with E-state index in [1.54, 1.807) is 47.4 Å². The molecule has 1 fully saturated rings. The Bertz CT molecular complexity index is 747. The third-order valence-electron chi connectivity index (χ3n) is 3.84. The van der Waals surface area contributed by atoms with E-state index >= 15 is 0 Å². The Morgan fingerprint density at radius 2 is 1.64 bits per heavy atom. The van der Waals surface area contributed by atoms with Gasteiger partial charge in [-0.15, -0.1) is 0 Å². The molecule has 1 heterocycles. The standard InChI is InChI=1S/C20H19NO4/c22-19(17-4-2-1-3-5-17)11-8-16-6-9-18(10-7-16)25-20(23)21-12-14-24-15-13-21/h1-11H,12-15H2. The van der Waals surface area contributed by atoms with Crippen LogP contribution in [0.15, 0.2) is 60.7 Å². The minimum absolute atomic E-state index is 0.0524. The summed E-state index contributed by atoms with van der Waals surface area (Å²) in [6.45, 7) is 2.16. The number of amides is 1. The largest absolute Gasteiger partial charge is 0.415 e. The molecule has 0 atom stereocenters. The van der Waals surface area contributed by atoms with Gasteiger partial charge in [-0.3, -0.25) is 4.79 Å². The van der Waals surface area contributed by atoms with E-state index in [-0.39, 0.29) is 11.9 Å². The number of rotatable bonds is 4. The van der Waals surface area contributed by atoms with Crippen LogP contribution >= 0.6 is 0 Å². The number of hydrogen-bond donors (Lipinski definition) is 0. The first-order valence-electron chi connectivity index (χ1n) is 8.14. The summed E-state index contributed by atoms with van der Waals surface area (Å²) in [7, 11) is 0. The zero-order chi connectivity index (χ0) is 17.5. The van der Waals surface area contributed by atoms with Crippen molar-refractivity contribution in [3.63, 3.8) is 0 Å². The highest BCUT2D eigenvalue weighted by atomic mass is 16.6. The summed E-state index contributed by atoms with van der Waals surface area (Å²) < 4.78 is 10.6. The van der Waals surface area contributed by atoms with Crippen LogP contribution in [0.25, 0.3) is 6.08 Å². The van der Waals surface area contributed by atoms with E-state index in [0.29, 0.717) is 37.6 Å². The van der Waals surface area contributed by atoms with Gasteiger partial charge in [-0.1, -0.05) is 48.5 Å². The molecule has 0 spiro atoms. The van der Waals surface area contributed by atoms with E-state index in [0.717, 1.165) is 5.56 Å². The maximum Gasteiger partial charge on any atom is 0.415 e. The number of nitrogens with zero attached hydrogens (tertiary/aromatic N) is 1. The monoisotopic (exact) mass is 337 g/mol. The molecule has 0 aromatic heterocycles. The van der Waals surface area contributed by atoms with E-state index < -0.39 is 0 Å². The summed E-state index contributed by atoms with van der Waals surface area (Å²) in [6, 6.07) is 16.1. The van der Waals surface area contributed by atoms with E-state index in [4.69, 9.17) is 9.47 Å². The number of benzene rings is 2. The Labute approximate surface area is 146 Å². The third-order valence-corrected chi connectivity index (χ3v) is 3.84. The smallest absolute Gasteiger partial charge is 0.410 e. The molecule has 0 N–H and O–H groups in total. The van der Waals surface area contributed by atoms with Gasteiger partial charge in [-0.05, 0) is 23.8 Å². The normalized spacial score (nSPS) is 14.5. The summed E-state index contributed by atoms with van der Waals surface area (Å²) in [5, 5.41) is 0. The van der Waals surface area contributed by atoms with Gasteiger partial charge >= 0.3 is 6.09 Å². The van der Waals surface area contributed by atoms with Crippen LogP contribution in [0.2, 0.25) is 0 Å². The lowest BCUT2D eigenvalue weighted by Crippen LogP contribution is -2.42. The van der Waals surface area contributed by atoms with Crippen LogP contribution < -0.4 is 4.74 Å². The number of carbonyl (C=O) groups is 2. The molecule has 5 nitrogen and oxygen atoms in total. The zero-order valence-corrected chi connectivity index (χ0v) is 13.8. The lowest BCUT2D eigenvalue weighted by Gasteiger charge is -2.25. The zero-order valence-electron chi connectivity index (χ0n) is 13.8. The Balaban J connectivity index is 1.57. The van der Waals surface area contributed by atoms with Crippen molar-refractivity contribution in [2.24, 2.45) is 0 Å². The molecule has 1 aliphatic rings. The summed E-state index contributed by atoms with van der Waals surface area (Å²) in [4.78, 5) is 25.7. The third kappa shape index (κ3) is 4.78. The summed E-state index contributed by atoms with van der Waals surface area (Å²) in [5.41, 5.74) is 1.50. The van der Waals surface area contributed by atoms with Gasteiger partial charge in [0, 0.05) is 18.7 Å². The van der Waals surface area contributed by atoms with E-state index in [1.807, 2.05) is 18.2 Å². The van der Waals surface area contributed by atoms with Gasteiger partial charge in [-0.2, -0.15) is 0 Å². The second-order valence-corrected chi connectivity index (χ2v) is 5.60. The van der Waals surface area contributed by atoms with Crippen molar-refractivity contribution in [1.29, 1.82) is 0 Å². The SMILES string of the molecule is O=C(C=Cc1ccc(OC(=O)N2CCOCC2)cc1)c1ccccc1. The summed E-state index contributed by atoms with van der Waals surface area (Å²) in [6.07, 6.45) is 2.90. The first-order valence-corrected chi connectivity index (χ1v) is 8.14. The van der Waals surface area contributed by atoms with Crippen LogP contribution in [-0.2, 0) is 4.74 Å². The number of allylic oxidation sites excluding steroid dienone is 1. The predicted molar refractivity (Wildman–Crippen MR) is 94.7 cm³/mol. The van der Waals surface area contributed by atoms with Crippen LogP contribution in [0.1, 0.15) is 15.9 Å². The van der Waals surface area contributed by atoms with E-state index in [2.05, 4.69) is 0 Å². The molecule has 0 unspecified atom stereocenters. The van der Waals surface area contributed by atoms with Crippen LogP contribution in [0, 0.1) is 0 Å². The summed E-state index contributed by atoms with van der Waals surface area (Å²) in [5.74, 6) is 0.423. The number of hydrogen-bond acceptors (Lipinski definition) is 4. The first-order chi connectivity index (χ1) is 12.2. The van der Waals surface area contributed by atoms with Crippen molar-refractivity contribution in [2.75, 3.05) is 26.3 Å². The molecule has 0 bridgehead atoms. The average Bonchev–Trinajstić information content (AvgIpc) is 2.68. The maximum absolute atomic E-state index is 12.0. The Morgan fingerprint density at radius 1 is 0.960 bits per heavy atom. The minimum Gasteiger partial charge on any atom is -0.410 e. The number of ketones is 1. The highest BCUT2D eigenvalue weighted by molar-refractivity contribution is 6.06.